The SMILES string of the molecule is CC(=O)O.O=c1[nH]c(=O)c2[nH]cnc2[nH]1.O=c1[nH]c(=O)c2[nH]cnc2[nH]1. The fourth-order valence-electron chi connectivity index (χ4n) is 1.73. The Bertz CT molecular complexity index is 1170. The highest BCUT2D eigenvalue weighted by atomic mass is 16.4. The first-order valence-electron chi connectivity index (χ1n) is 6.79. The maximum atomic E-state index is 10.9. The number of aliphatic carboxylic acids is 1. The van der Waals surface area contributed by atoms with Crippen LogP contribution in [0.15, 0.2) is 31.8 Å². The molecule has 0 amide bonds. The summed E-state index contributed by atoms with van der Waals surface area (Å²) in [5, 5.41) is 7.42. The van der Waals surface area contributed by atoms with Crippen molar-refractivity contribution in [3.63, 3.8) is 0 Å². The lowest BCUT2D eigenvalue weighted by Gasteiger charge is -1.83. The van der Waals surface area contributed by atoms with Crippen molar-refractivity contribution in [1.82, 2.24) is 39.9 Å². The largest absolute Gasteiger partial charge is 0.481 e. The van der Waals surface area contributed by atoms with Gasteiger partial charge in [-0.15, -0.1) is 0 Å². The molecule has 0 aliphatic rings. The Morgan fingerprint density at radius 3 is 1.50 bits per heavy atom. The summed E-state index contributed by atoms with van der Waals surface area (Å²) in [5.74, 6) is -0.833. The van der Waals surface area contributed by atoms with Gasteiger partial charge in [-0.25, -0.2) is 19.6 Å². The van der Waals surface area contributed by atoms with Gasteiger partial charge in [0.1, 0.15) is 11.0 Å². The van der Waals surface area contributed by atoms with Gasteiger partial charge in [-0.2, -0.15) is 0 Å². The molecule has 0 spiro atoms. The molecule has 0 radical (unpaired) electrons. The van der Waals surface area contributed by atoms with Gasteiger partial charge >= 0.3 is 11.4 Å². The third-order valence-corrected chi connectivity index (χ3v) is 2.65. The molecule has 7 N–H and O–H groups in total. The van der Waals surface area contributed by atoms with Gasteiger partial charge in [-0.05, 0) is 0 Å². The van der Waals surface area contributed by atoms with Crippen LogP contribution in [0.1, 0.15) is 6.92 Å². The summed E-state index contributed by atoms with van der Waals surface area (Å²) in [6.45, 7) is 1.08. The molecule has 4 aromatic rings. The number of aromatic amines is 6. The fourth-order valence-corrected chi connectivity index (χ4v) is 1.73. The summed E-state index contributed by atoms with van der Waals surface area (Å²) in [7, 11) is 0. The molecule has 0 bridgehead atoms. The molecule has 4 rings (SSSR count). The van der Waals surface area contributed by atoms with Gasteiger partial charge in [0.05, 0.1) is 12.7 Å². The van der Waals surface area contributed by atoms with Crippen LogP contribution < -0.4 is 22.5 Å². The second-order valence-electron chi connectivity index (χ2n) is 4.59. The van der Waals surface area contributed by atoms with Crippen LogP contribution in [0, 0.1) is 0 Å². The summed E-state index contributed by atoms with van der Waals surface area (Å²) < 4.78 is 0. The molecular formula is C12H12N8O6. The zero-order valence-corrected chi connectivity index (χ0v) is 13.0. The molecule has 0 unspecified atom stereocenters. The second-order valence-corrected chi connectivity index (χ2v) is 4.59. The second kappa shape index (κ2) is 7.56. The highest BCUT2D eigenvalue weighted by molar-refractivity contribution is 5.67. The number of hydrogen-bond acceptors (Lipinski definition) is 7. The smallest absolute Gasteiger partial charge is 0.327 e. The van der Waals surface area contributed by atoms with Gasteiger partial charge in [0, 0.05) is 6.92 Å². The Balaban J connectivity index is 0.000000156. The van der Waals surface area contributed by atoms with Gasteiger partial charge in [0.2, 0.25) is 0 Å². The highest BCUT2D eigenvalue weighted by Crippen LogP contribution is 1.93. The molecule has 14 heteroatoms. The Morgan fingerprint density at radius 1 is 0.808 bits per heavy atom. The van der Waals surface area contributed by atoms with Gasteiger partial charge in [-0.3, -0.25) is 34.3 Å². The van der Waals surface area contributed by atoms with Crippen LogP contribution in [0.25, 0.3) is 22.3 Å². The van der Waals surface area contributed by atoms with Crippen molar-refractivity contribution in [2.75, 3.05) is 0 Å². The van der Waals surface area contributed by atoms with E-state index in [1.54, 1.807) is 0 Å². The zero-order chi connectivity index (χ0) is 19.3. The Kier molecular flexibility index (Phi) is 5.27. The molecule has 0 saturated heterocycles. The number of carboxylic acids is 1. The normalized spacial score (nSPS) is 9.88. The Hall–Kier alpha value is -4.23. The van der Waals surface area contributed by atoms with Crippen LogP contribution in [0.2, 0.25) is 0 Å². The number of aromatic nitrogens is 8. The first kappa shape index (κ1) is 18.1. The minimum absolute atomic E-state index is 0.277. The predicted molar refractivity (Wildman–Crippen MR) is 88.0 cm³/mol. The lowest BCUT2D eigenvalue weighted by Crippen LogP contribution is -2.21. The molecule has 0 aliphatic heterocycles. The quantitative estimate of drug-likeness (QED) is 0.183. The number of hydrogen-bond donors (Lipinski definition) is 7. The number of nitrogens with one attached hydrogen (secondary N) is 6. The minimum atomic E-state index is -0.833. The Labute approximate surface area is 140 Å². The molecule has 14 nitrogen and oxygen atoms in total. The average Bonchev–Trinajstić information content (AvgIpc) is 3.15. The van der Waals surface area contributed by atoms with E-state index in [2.05, 4.69) is 39.9 Å². The topological polar surface area (TPSA) is 226 Å². The number of rotatable bonds is 0. The maximum Gasteiger partial charge on any atom is 0.327 e. The van der Waals surface area contributed by atoms with E-state index >= 15 is 0 Å². The summed E-state index contributed by atoms with van der Waals surface area (Å²) in [4.78, 5) is 73.5. The zero-order valence-electron chi connectivity index (χ0n) is 13.0. The van der Waals surface area contributed by atoms with Crippen molar-refractivity contribution in [2.45, 2.75) is 6.92 Å². The van der Waals surface area contributed by atoms with Crippen molar-refractivity contribution in [3.8, 4) is 0 Å². The van der Waals surface area contributed by atoms with Gasteiger partial charge in [0.25, 0.3) is 17.1 Å². The van der Waals surface area contributed by atoms with E-state index in [0.29, 0.717) is 0 Å². The summed E-state index contributed by atoms with van der Waals surface area (Å²) in [5.41, 5.74) is -0.890. The lowest BCUT2D eigenvalue weighted by atomic mass is 10.5. The van der Waals surface area contributed by atoms with Crippen LogP contribution in [-0.2, 0) is 4.79 Å². The Morgan fingerprint density at radius 2 is 1.15 bits per heavy atom. The van der Waals surface area contributed by atoms with Crippen LogP contribution in [-0.4, -0.2) is 50.9 Å². The molecule has 0 atom stereocenters. The molecule has 0 saturated carbocycles. The lowest BCUT2D eigenvalue weighted by molar-refractivity contribution is -0.134. The van der Waals surface area contributed by atoms with Crippen LogP contribution in [0.4, 0.5) is 0 Å². The number of fused-ring (bicyclic) bond motifs is 2. The number of carbonyl (C=O) groups is 1. The fraction of sp³-hybridized carbons (Fsp3) is 0.0833. The van der Waals surface area contributed by atoms with E-state index in [9.17, 15) is 19.2 Å². The van der Waals surface area contributed by atoms with Crippen molar-refractivity contribution in [3.05, 3.63) is 54.3 Å². The van der Waals surface area contributed by atoms with Crippen molar-refractivity contribution < 1.29 is 9.90 Å². The summed E-state index contributed by atoms with van der Waals surface area (Å²) in [6.07, 6.45) is 2.69. The molecular weight excluding hydrogens is 352 g/mol. The first-order valence-corrected chi connectivity index (χ1v) is 6.79. The average molecular weight is 364 g/mol. The monoisotopic (exact) mass is 364 g/mol. The standard InChI is InChI=1S/2C5H4N4O2.C2H4O2/c2*10-4-2-3(7-1-6-2)8-5(11)9-4;1-2(3)4/h2*1H,(H3,6,7,8,9,10,11);1H3,(H,3,4). The number of H-pyrrole nitrogens is 6. The molecule has 0 aromatic carbocycles. The molecule has 136 valence electrons. The number of nitrogens with zero attached hydrogens (tertiary/aromatic N) is 2. The van der Waals surface area contributed by atoms with Crippen molar-refractivity contribution in [1.29, 1.82) is 0 Å². The third-order valence-electron chi connectivity index (χ3n) is 2.65. The van der Waals surface area contributed by atoms with Gasteiger partial charge in [0.15, 0.2) is 11.3 Å². The minimum Gasteiger partial charge on any atom is -0.481 e. The van der Waals surface area contributed by atoms with E-state index in [1.807, 2.05) is 0 Å². The van der Waals surface area contributed by atoms with E-state index in [-0.39, 0.29) is 22.3 Å². The molecule has 26 heavy (non-hydrogen) atoms. The number of imidazole rings is 2. The highest BCUT2D eigenvalue weighted by Gasteiger charge is 2.00. The van der Waals surface area contributed by atoms with E-state index in [1.165, 1.54) is 12.7 Å². The summed E-state index contributed by atoms with van der Waals surface area (Å²) >= 11 is 0. The van der Waals surface area contributed by atoms with E-state index in [4.69, 9.17) is 9.90 Å². The molecule has 4 aromatic heterocycles. The van der Waals surface area contributed by atoms with Crippen LogP contribution in [0.3, 0.4) is 0 Å². The van der Waals surface area contributed by atoms with Gasteiger partial charge < -0.3 is 15.1 Å². The molecule has 0 fully saturated rings. The predicted octanol–water partition coefficient (Wildman–Crippen LogP) is -2.03. The third kappa shape index (κ3) is 4.40. The number of carboxylic acid groups (broad SMARTS) is 1. The maximum absolute atomic E-state index is 10.9. The van der Waals surface area contributed by atoms with E-state index < -0.39 is 28.5 Å². The van der Waals surface area contributed by atoms with E-state index in [0.717, 1.165) is 6.92 Å². The van der Waals surface area contributed by atoms with Crippen LogP contribution >= 0.6 is 0 Å². The summed E-state index contributed by atoms with van der Waals surface area (Å²) in [6, 6.07) is 0. The molecule has 0 aliphatic carbocycles. The van der Waals surface area contributed by atoms with Gasteiger partial charge in [-0.1, -0.05) is 0 Å². The van der Waals surface area contributed by atoms with Crippen molar-refractivity contribution >= 4 is 28.3 Å². The first-order chi connectivity index (χ1) is 12.3. The van der Waals surface area contributed by atoms with Crippen LogP contribution in [0.5, 0.6) is 0 Å². The molecule has 4 heterocycles. The van der Waals surface area contributed by atoms with Crippen molar-refractivity contribution in [2.24, 2.45) is 0 Å².